The van der Waals surface area contributed by atoms with E-state index in [1.807, 2.05) is 0 Å². The van der Waals surface area contributed by atoms with E-state index in [1.165, 1.54) is 0 Å². The second-order valence-electron chi connectivity index (χ2n) is 5.25. The van der Waals surface area contributed by atoms with Crippen molar-refractivity contribution in [2.24, 2.45) is 10.8 Å². The average molecular weight is 176 g/mol. The van der Waals surface area contributed by atoms with Gasteiger partial charge >= 0.3 is 0 Å². The quantitative estimate of drug-likeness (QED) is 0.557. The van der Waals surface area contributed by atoms with Gasteiger partial charge in [-0.05, 0) is 10.8 Å². The molecule has 1 atom stereocenters. The Morgan fingerprint density at radius 2 is 1.18 bits per heavy atom. The summed E-state index contributed by atoms with van der Waals surface area (Å²) in [6.45, 7) is 13.2. The SMILES string of the molecule is CC(C)(C)C(OP)C(C)(C)C. The summed E-state index contributed by atoms with van der Waals surface area (Å²) >= 11 is 0. The number of hydrogen-bond donors (Lipinski definition) is 0. The van der Waals surface area contributed by atoms with E-state index in [4.69, 9.17) is 4.52 Å². The Kier molecular flexibility index (Phi) is 3.53. The standard InChI is InChI=1S/C9H21OP/c1-8(2,3)7(10-11)9(4,5)6/h7H,11H2,1-6H3. The topological polar surface area (TPSA) is 9.23 Å². The van der Waals surface area contributed by atoms with Crippen LogP contribution < -0.4 is 0 Å². The minimum Gasteiger partial charge on any atom is -0.361 e. The number of rotatable bonds is 1. The van der Waals surface area contributed by atoms with Gasteiger partial charge < -0.3 is 4.52 Å². The predicted octanol–water partition coefficient (Wildman–Crippen LogP) is 3.25. The molecular weight excluding hydrogens is 155 g/mol. The van der Waals surface area contributed by atoms with E-state index in [0.717, 1.165) is 0 Å². The third-order valence-electron chi connectivity index (χ3n) is 1.71. The molecule has 0 aliphatic carbocycles. The van der Waals surface area contributed by atoms with Crippen molar-refractivity contribution < 1.29 is 4.52 Å². The molecule has 0 rings (SSSR count). The van der Waals surface area contributed by atoms with E-state index in [2.05, 4.69) is 51.0 Å². The first-order valence-electron chi connectivity index (χ1n) is 4.05. The fourth-order valence-electron chi connectivity index (χ4n) is 1.71. The van der Waals surface area contributed by atoms with E-state index in [-0.39, 0.29) is 16.9 Å². The molecule has 0 aromatic carbocycles. The zero-order valence-corrected chi connectivity index (χ0v) is 9.72. The smallest absolute Gasteiger partial charge is 0.0707 e. The van der Waals surface area contributed by atoms with Crippen LogP contribution in [0, 0.1) is 10.8 Å². The highest BCUT2D eigenvalue weighted by Gasteiger charge is 2.34. The maximum atomic E-state index is 5.40. The Balaban J connectivity index is 4.43. The van der Waals surface area contributed by atoms with Crippen molar-refractivity contribution in [3.05, 3.63) is 0 Å². The molecule has 0 saturated heterocycles. The molecule has 0 fully saturated rings. The van der Waals surface area contributed by atoms with Crippen LogP contribution in [0.5, 0.6) is 0 Å². The first-order valence-corrected chi connectivity index (χ1v) is 4.52. The van der Waals surface area contributed by atoms with Gasteiger partial charge in [0.2, 0.25) is 0 Å². The minimum absolute atomic E-state index is 0.208. The number of hydrogen-bond acceptors (Lipinski definition) is 1. The molecule has 68 valence electrons. The molecule has 0 N–H and O–H groups in total. The largest absolute Gasteiger partial charge is 0.361 e. The van der Waals surface area contributed by atoms with Crippen LogP contribution in [0.2, 0.25) is 0 Å². The molecule has 0 aliphatic heterocycles. The van der Waals surface area contributed by atoms with Crippen LogP contribution in [-0.2, 0) is 4.52 Å². The van der Waals surface area contributed by atoms with E-state index < -0.39 is 0 Å². The van der Waals surface area contributed by atoms with Crippen LogP contribution in [0.1, 0.15) is 41.5 Å². The van der Waals surface area contributed by atoms with Crippen LogP contribution in [0.25, 0.3) is 0 Å². The maximum Gasteiger partial charge on any atom is 0.0707 e. The highest BCUT2D eigenvalue weighted by atomic mass is 31.0. The van der Waals surface area contributed by atoms with Crippen molar-refractivity contribution in [2.45, 2.75) is 47.6 Å². The Labute approximate surface area is 73.2 Å². The summed E-state index contributed by atoms with van der Waals surface area (Å²) in [5.41, 5.74) is 0.417. The predicted molar refractivity (Wildman–Crippen MR) is 53.5 cm³/mol. The third kappa shape index (κ3) is 3.53. The van der Waals surface area contributed by atoms with Gasteiger partial charge in [-0.1, -0.05) is 41.5 Å². The Morgan fingerprint density at radius 3 is 1.18 bits per heavy atom. The Morgan fingerprint density at radius 1 is 0.909 bits per heavy atom. The second kappa shape index (κ2) is 3.41. The average Bonchev–Trinajstić information content (AvgIpc) is 1.56. The fourth-order valence-corrected chi connectivity index (χ4v) is 2.52. The second-order valence-corrected chi connectivity index (χ2v) is 5.52. The summed E-state index contributed by atoms with van der Waals surface area (Å²) in [5, 5.41) is 0. The molecule has 0 spiro atoms. The van der Waals surface area contributed by atoms with Crippen LogP contribution in [-0.4, -0.2) is 6.10 Å². The van der Waals surface area contributed by atoms with Crippen LogP contribution >= 0.6 is 9.47 Å². The van der Waals surface area contributed by atoms with Gasteiger partial charge in [0.1, 0.15) is 0 Å². The lowest BCUT2D eigenvalue weighted by molar-refractivity contribution is 0.0127. The molecule has 1 nitrogen and oxygen atoms in total. The summed E-state index contributed by atoms with van der Waals surface area (Å²) in [7, 11) is 2.37. The third-order valence-corrected chi connectivity index (χ3v) is 1.98. The minimum atomic E-state index is 0.208. The lowest BCUT2D eigenvalue weighted by atomic mass is 9.74. The molecule has 0 saturated carbocycles. The fraction of sp³-hybridized carbons (Fsp3) is 1.00. The van der Waals surface area contributed by atoms with E-state index in [9.17, 15) is 0 Å². The van der Waals surface area contributed by atoms with Crippen molar-refractivity contribution in [2.75, 3.05) is 0 Å². The van der Waals surface area contributed by atoms with Gasteiger partial charge in [-0.2, -0.15) is 0 Å². The van der Waals surface area contributed by atoms with Gasteiger partial charge in [-0.3, -0.25) is 0 Å². The Hall–Kier alpha value is 0.390. The van der Waals surface area contributed by atoms with Crippen molar-refractivity contribution in [1.29, 1.82) is 0 Å². The van der Waals surface area contributed by atoms with Crippen molar-refractivity contribution in [3.8, 4) is 0 Å². The normalized spacial score (nSPS) is 14.2. The highest BCUT2D eigenvalue weighted by Crippen LogP contribution is 2.36. The monoisotopic (exact) mass is 176 g/mol. The lowest BCUT2D eigenvalue weighted by Crippen LogP contribution is -2.38. The summed E-state index contributed by atoms with van der Waals surface area (Å²) in [6.07, 6.45) is 0.278. The summed E-state index contributed by atoms with van der Waals surface area (Å²) in [4.78, 5) is 0. The molecule has 0 aromatic heterocycles. The lowest BCUT2D eigenvalue weighted by Gasteiger charge is -2.39. The van der Waals surface area contributed by atoms with Crippen LogP contribution in [0.3, 0.4) is 0 Å². The van der Waals surface area contributed by atoms with Crippen molar-refractivity contribution >= 4 is 9.47 Å². The molecule has 0 bridgehead atoms. The zero-order valence-electron chi connectivity index (χ0n) is 8.56. The molecule has 1 unspecified atom stereocenters. The molecule has 0 aliphatic rings. The molecule has 0 aromatic rings. The van der Waals surface area contributed by atoms with Crippen LogP contribution in [0.4, 0.5) is 0 Å². The van der Waals surface area contributed by atoms with Gasteiger partial charge in [-0.25, -0.2) is 0 Å². The van der Waals surface area contributed by atoms with Crippen molar-refractivity contribution in [3.63, 3.8) is 0 Å². The first kappa shape index (κ1) is 11.4. The highest BCUT2D eigenvalue weighted by molar-refractivity contribution is 7.09. The molecule has 2 heteroatoms. The Bertz CT molecular complexity index is 105. The van der Waals surface area contributed by atoms with E-state index in [1.54, 1.807) is 0 Å². The van der Waals surface area contributed by atoms with Crippen molar-refractivity contribution in [1.82, 2.24) is 0 Å². The van der Waals surface area contributed by atoms with Gasteiger partial charge in [-0.15, -0.1) is 0 Å². The summed E-state index contributed by atoms with van der Waals surface area (Å²) in [5.74, 6) is 0. The molecule has 0 amide bonds. The maximum absolute atomic E-state index is 5.40. The van der Waals surface area contributed by atoms with E-state index in [0.29, 0.717) is 0 Å². The first-order chi connectivity index (χ1) is 4.69. The molecule has 11 heavy (non-hydrogen) atoms. The van der Waals surface area contributed by atoms with Gasteiger partial charge in [0.25, 0.3) is 0 Å². The molecule has 0 radical (unpaired) electrons. The van der Waals surface area contributed by atoms with E-state index >= 15 is 0 Å². The van der Waals surface area contributed by atoms with Gasteiger partial charge in [0.05, 0.1) is 6.10 Å². The summed E-state index contributed by atoms with van der Waals surface area (Å²) < 4.78 is 5.40. The molecular formula is C9H21OP. The molecule has 0 heterocycles. The zero-order chi connectivity index (χ0) is 9.28. The van der Waals surface area contributed by atoms with Crippen LogP contribution in [0.15, 0.2) is 0 Å². The van der Waals surface area contributed by atoms with Gasteiger partial charge in [0.15, 0.2) is 0 Å². The van der Waals surface area contributed by atoms with Gasteiger partial charge in [0, 0.05) is 9.47 Å². The summed E-state index contributed by atoms with van der Waals surface area (Å²) in [6, 6.07) is 0.